The summed E-state index contributed by atoms with van der Waals surface area (Å²) >= 11 is 3.38. The molecule has 0 aliphatic heterocycles. The van der Waals surface area contributed by atoms with Gasteiger partial charge in [-0.25, -0.2) is 5.43 Å². The Bertz CT molecular complexity index is 793. The molecule has 0 unspecified atom stereocenters. The molecular weight excluding hydrogens is 378 g/mol. The fourth-order valence-electron chi connectivity index (χ4n) is 1.79. The predicted octanol–water partition coefficient (Wildman–Crippen LogP) is 3.19. The molecular formula is C16H14BrN3O4. The van der Waals surface area contributed by atoms with E-state index in [4.69, 9.17) is 4.74 Å². The number of non-ortho nitro benzene ring substituents is 1. The number of nitrogens with zero attached hydrogens (tertiary/aromatic N) is 2. The average molecular weight is 392 g/mol. The van der Waals surface area contributed by atoms with E-state index < -0.39 is 10.8 Å². The van der Waals surface area contributed by atoms with Gasteiger partial charge in [0.25, 0.3) is 11.6 Å². The van der Waals surface area contributed by atoms with Crippen LogP contribution >= 0.6 is 15.9 Å². The first kappa shape index (κ1) is 17.6. The standard InChI is InChI=1S/C16H14BrN3O4/c1-11-7-14(5-6-15(11)17)24-10-16(21)19-18-9-12-3-2-4-13(8-12)20(22)23/h2-9H,10H2,1H3,(H,19,21)/b18-9+. The number of hydrogen-bond donors (Lipinski definition) is 1. The molecule has 2 rings (SSSR count). The van der Waals surface area contributed by atoms with Crippen LogP contribution in [0.15, 0.2) is 52.0 Å². The van der Waals surface area contributed by atoms with Crippen molar-refractivity contribution in [3.63, 3.8) is 0 Å². The van der Waals surface area contributed by atoms with Gasteiger partial charge in [-0.15, -0.1) is 0 Å². The van der Waals surface area contributed by atoms with E-state index in [9.17, 15) is 14.9 Å². The summed E-state index contributed by atoms with van der Waals surface area (Å²) in [4.78, 5) is 21.8. The van der Waals surface area contributed by atoms with Crippen molar-refractivity contribution in [2.75, 3.05) is 6.61 Å². The van der Waals surface area contributed by atoms with Crippen molar-refractivity contribution < 1.29 is 14.5 Å². The number of ether oxygens (including phenoxy) is 1. The quantitative estimate of drug-likeness (QED) is 0.464. The normalized spacial score (nSPS) is 10.6. The van der Waals surface area contributed by atoms with Crippen LogP contribution in [-0.4, -0.2) is 23.7 Å². The maximum atomic E-state index is 11.7. The number of hydrazone groups is 1. The second-order valence-corrected chi connectivity index (χ2v) is 5.70. The zero-order valence-electron chi connectivity index (χ0n) is 12.7. The highest BCUT2D eigenvalue weighted by Crippen LogP contribution is 2.21. The number of amides is 1. The van der Waals surface area contributed by atoms with Crippen LogP contribution in [0.2, 0.25) is 0 Å². The summed E-state index contributed by atoms with van der Waals surface area (Å²) in [6.07, 6.45) is 1.33. The first-order chi connectivity index (χ1) is 11.5. The molecule has 7 nitrogen and oxygen atoms in total. The Kier molecular flexibility index (Phi) is 6.02. The summed E-state index contributed by atoms with van der Waals surface area (Å²) in [6, 6.07) is 11.3. The second-order valence-electron chi connectivity index (χ2n) is 4.84. The van der Waals surface area contributed by atoms with Crippen LogP contribution in [0.5, 0.6) is 5.75 Å². The van der Waals surface area contributed by atoms with Crippen LogP contribution in [0.1, 0.15) is 11.1 Å². The maximum absolute atomic E-state index is 11.7. The highest BCUT2D eigenvalue weighted by Gasteiger charge is 2.05. The van der Waals surface area contributed by atoms with Gasteiger partial charge in [0.05, 0.1) is 11.1 Å². The maximum Gasteiger partial charge on any atom is 0.277 e. The van der Waals surface area contributed by atoms with E-state index >= 15 is 0 Å². The zero-order chi connectivity index (χ0) is 17.5. The fourth-order valence-corrected chi connectivity index (χ4v) is 2.03. The number of benzene rings is 2. The predicted molar refractivity (Wildman–Crippen MR) is 93.2 cm³/mol. The molecule has 2 aromatic rings. The molecule has 8 heteroatoms. The van der Waals surface area contributed by atoms with Crippen LogP contribution in [0, 0.1) is 17.0 Å². The molecule has 0 atom stereocenters. The van der Waals surface area contributed by atoms with Crippen molar-refractivity contribution in [1.29, 1.82) is 0 Å². The second kappa shape index (κ2) is 8.21. The fraction of sp³-hybridized carbons (Fsp3) is 0.125. The number of nitro benzene ring substituents is 1. The minimum atomic E-state index is -0.496. The zero-order valence-corrected chi connectivity index (χ0v) is 14.3. The summed E-state index contributed by atoms with van der Waals surface area (Å²) in [5.41, 5.74) is 3.77. The van der Waals surface area contributed by atoms with E-state index in [0.717, 1.165) is 10.0 Å². The highest BCUT2D eigenvalue weighted by molar-refractivity contribution is 9.10. The van der Waals surface area contributed by atoms with Crippen LogP contribution in [0.3, 0.4) is 0 Å². The average Bonchev–Trinajstić information content (AvgIpc) is 2.56. The summed E-state index contributed by atoms with van der Waals surface area (Å²) < 4.78 is 6.32. The number of nitrogens with one attached hydrogen (secondary N) is 1. The summed E-state index contributed by atoms with van der Waals surface area (Å²) in [5, 5.41) is 14.4. The van der Waals surface area contributed by atoms with Gasteiger partial charge in [-0.05, 0) is 30.7 Å². The van der Waals surface area contributed by atoms with E-state index in [-0.39, 0.29) is 12.3 Å². The van der Waals surface area contributed by atoms with E-state index in [1.165, 1.54) is 18.3 Å². The number of carbonyl (C=O) groups excluding carboxylic acids is 1. The van der Waals surface area contributed by atoms with Crippen LogP contribution < -0.4 is 10.2 Å². The molecule has 124 valence electrons. The Morgan fingerprint density at radius 2 is 2.17 bits per heavy atom. The van der Waals surface area contributed by atoms with Crippen LogP contribution in [0.25, 0.3) is 0 Å². The van der Waals surface area contributed by atoms with Gasteiger partial charge in [0.2, 0.25) is 0 Å². The van der Waals surface area contributed by atoms with Crippen molar-refractivity contribution in [2.24, 2.45) is 5.10 Å². The van der Waals surface area contributed by atoms with Gasteiger partial charge in [-0.3, -0.25) is 14.9 Å². The minimum Gasteiger partial charge on any atom is -0.484 e. The molecule has 0 heterocycles. The summed E-state index contributed by atoms with van der Waals surface area (Å²) in [7, 11) is 0. The first-order valence-corrected chi connectivity index (χ1v) is 7.70. The summed E-state index contributed by atoms with van der Waals surface area (Å²) in [6.45, 7) is 1.73. The monoisotopic (exact) mass is 391 g/mol. The lowest BCUT2D eigenvalue weighted by molar-refractivity contribution is -0.384. The first-order valence-electron chi connectivity index (χ1n) is 6.91. The highest BCUT2D eigenvalue weighted by atomic mass is 79.9. The van der Waals surface area contributed by atoms with Crippen molar-refractivity contribution in [2.45, 2.75) is 6.92 Å². The Morgan fingerprint density at radius 3 is 2.88 bits per heavy atom. The molecule has 0 spiro atoms. The largest absolute Gasteiger partial charge is 0.484 e. The molecule has 0 fully saturated rings. The van der Waals surface area contributed by atoms with Gasteiger partial charge in [-0.2, -0.15) is 5.10 Å². The molecule has 1 N–H and O–H groups in total. The van der Waals surface area contributed by atoms with Gasteiger partial charge in [-0.1, -0.05) is 28.1 Å². The SMILES string of the molecule is Cc1cc(OCC(=O)N/N=C/c2cccc([N+](=O)[O-])c2)ccc1Br. The molecule has 1 amide bonds. The molecule has 24 heavy (non-hydrogen) atoms. The molecule has 2 aromatic carbocycles. The van der Waals surface area contributed by atoms with E-state index in [1.807, 2.05) is 19.1 Å². The molecule has 0 aliphatic rings. The van der Waals surface area contributed by atoms with Crippen molar-refractivity contribution in [1.82, 2.24) is 5.43 Å². The van der Waals surface area contributed by atoms with E-state index in [1.54, 1.807) is 18.2 Å². The molecule has 0 saturated heterocycles. The molecule has 0 aliphatic carbocycles. The number of nitro groups is 1. The lowest BCUT2D eigenvalue weighted by Gasteiger charge is -2.06. The number of rotatable bonds is 6. The lowest BCUT2D eigenvalue weighted by Crippen LogP contribution is -2.24. The van der Waals surface area contributed by atoms with Crippen LogP contribution in [0.4, 0.5) is 5.69 Å². The summed E-state index contributed by atoms with van der Waals surface area (Å²) in [5.74, 6) is 0.144. The number of halogens is 1. The van der Waals surface area contributed by atoms with Gasteiger partial charge in [0.1, 0.15) is 5.75 Å². The Labute approximate surface area is 146 Å². The third-order valence-electron chi connectivity index (χ3n) is 2.98. The van der Waals surface area contributed by atoms with Gasteiger partial charge in [0, 0.05) is 22.2 Å². The Balaban J connectivity index is 1.85. The molecule has 0 aromatic heterocycles. The Hall–Kier alpha value is -2.74. The van der Waals surface area contributed by atoms with E-state index in [2.05, 4.69) is 26.5 Å². The smallest absolute Gasteiger partial charge is 0.277 e. The van der Waals surface area contributed by atoms with Gasteiger partial charge >= 0.3 is 0 Å². The Morgan fingerprint density at radius 1 is 1.38 bits per heavy atom. The molecule has 0 radical (unpaired) electrons. The number of hydrogen-bond acceptors (Lipinski definition) is 5. The molecule has 0 bridgehead atoms. The lowest BCUT2D eigenvalue weighted by atomic mass is 10.2. The van der Waals surface area contributed by atoms with Crippen molar-refractivity contribution >= 4 is 33.7 Å². The van der Waals surface area contributed by atoms with Gasteiger partial charge < -0.3 is 4.74 Å². The minimum absolute atomic E-state index is 0.0424. The third kappa shape index (κ3) is 5.17. The third-order valence-corrected chi connectivity index (χ3v) is 3.87. The van der Waals surface area contributed by atoms with Crippen molar-refractivity contribution in [3.8, 4) is 5.75 Å². The van der Waals surface area contributed by atoms with Crippen LogP contribution in [-0.2, 0) is 4.79 Å². The molecule has 0 saturated carbocycles. The topological polar surface area (TPSA) is 93.8 Å². The van der Waals surface area contributed by atoms with Gasteiger partial charge in [0.15, 0.2) is 6.61 Å². The van der Waals surface area contributed by atoms with E-state index in [0.29, 0.717) is 11.3 Å². The number of carbonyl (C=O) groups is 1. The van der Waals surface area contributed by atoms with Crippen molar-refractivity contribution in [3.05, 3.63) is 68.2 Å². The number of aryl methyl sites for hydroxylation is 1.